The van der Waals surface area contributed by atoms with Crippen LogP contribution in [0.2, 0.25) is 0 Å². The number of fused-ring (bicyclic) bond motifs is 6. The van der Waals surface area contributed by atoms with Crippen molar-refractivity contribution in [3.05, 3.63) is 158 Å². The van der Waals surface area contributed by atoms with Crippen molar-refractivity contribution in [1.29, 1.82) is 0 Å². The Morgan fingerprint density at radius 3 is 2.15 bits per heavy atom. The van der Waals surface area contributed by atoms with Gasteiger partial charge in [0.25, 0.3) is 0 Å². The molecule has 1 aliphatic heterocycles. The van der Waals surface area contributed by atoms with E-state index < -0.39 is 0 Å². The highest BCUT2D eigenvalue weighted by Crippen LogP contribution is 2.54. The fourth-order valence-corrected chi connectivity index (χ4v) is 7.30. The third-order valence-electron chi connectivity index (χ3n) is 9.28. The van der Waals surface area contributed by atoms with Crippen LogP contribution in [0.3, 0.4) is 0 Å². The van der Waals surface area contributed by atoms with Crippen molar-refractivity contribution in [3.8, 4) is 39.6 Å². The SMILES string of the molecule is c1ccc(-c2cc(-c3ccccn3)nc(-n3c4ccccc4c4c5c(ccc43)-c3cccc4cccc(c34)N5c3cccnc3)c2)nc1. The fraction of sp³-hybridized carbons (Fsp3) is 0. The summed E-state index contributed by atoms with van der Waals surface area (Å²) in [5.41, 5.74) is 11.3. The van der Waals surface area contributed by atoms with E-state index >= 15 is 0 Å². The molecule has 0 amide bonds. The molecule has 0 saturated heterocycles. The zero-order valence-corrected chi connectivity index (χ0v) is 25.7. The van der Waals surface area contributed by atoms with Crippen LogP contribution >= 0.6 is 0 Å². The molecule has 6 nitrogen and oxygen atoms in total. The molecule has 0 N–H and O–H groups in total. The first-order valence-corrected chi connectivity index (χ1v) is 16.0. The molecule has 6 heteroatoms. The number of hydrogen-bond donors (Lipinski definition) is 0. The van der Waals surface area contributed by atoms with Gasteiger partial charge < -0.3 is 4.90 Å². The standard InChI is InChI=1S/C42H26N6/c1-2-17-36-32(13-1)41-38(48(36)39-25-28(33-15-3-5-22-44-33)24-35(46-39)34-16-4-6-23-45-34)20-19-31-30-14-7-10-27-11-8-18-37(40(27)30)47(42(31)41)29-12-9-21-43-26-29/h1-26H. The van der Waals surface area contributed by atoms with Crippen molar-refractivity contribution in [2.45, 2.75) is 0 Å². The average molecular weight is 615 g/mol. The second kappa shape index (κ2) is 10.4. The van der Waals surface area contributed by atoms with Crippen LogP contribution < -0.4 is 4.90 Å². The summed E-state index contributed by atoms with van der Waals surface area (Å²) in [6, 6.07) is 46.6. The third kappa shape index (κ3) is 3.93. The lowest BCUT2D eigenvalue weighted by Crippen LogP contribution is -2.15. The molecule has 0 unspecified atom stereocenters. The van der Waals surface area contributed by atoms with E-state index in [1.807, 2.05) is 67.3 Å². The highest BCUT2D eigenvalue weighted by Gasteiger charge is 2.30. The summed E-state index contributed by atoms with van der Waals surface area (Å²) in [6.45, 7) is 0. The van der Waals surface area contributed by atoms with Crippen molar-refractivity contribution < 1.29 is 0 Å². The van der Waals surface area contributed by atoms with E-state index in [-0.39, 0.29) is 0 Å². The van der Waals surface area contributed by atoms with Gasteiger partial charge in [0.05, 0.1) is 51.4 Å². The fourth-order valence-electron chi connectivity index (χ4n) is 7.30. The van der Waals surface area contributed by atoms with Crippen LogP contribution in [0.25, 0.3) is 72.2 Å². The molecule has 5 aromatic heterocycles. The molecule has 0 bridgehead atoms. The predicted octanol–water partition coefficient (Wildman–Crippen LogP) is 10.3. The van der Waals surface area contributed by atoms with E-state index in [4.69, 9.17) is 9.97 Å². The van der Waals surface area contributed by atoms with E-state index in [1.165, 1.54) is 21.9 Å². The van der Waals surface area contributed by atoms with E-state index in [2.05, 4.69) is 110 Å². The van der Waals surface area contributed by atoms with Gasteiger partial charge in [-0.3, -0.25) is 19.5 Å². The van der Waals surface area contributed by atoms with Gasteiger partial charge in [-0.15, -0.1) is 0 Å². The van der Waals surface area contributed by atoms with Crippen molar-refractivity contribution in [2.75, 3.05) is 4.90 Å². The molecule has 0 radical (unpaired) electrons. The monoisotopic (exact) mass is 614 g/mol. The van der Waals surface area contributed by atoms with Crippen molar-refractivity contribution in [1.82, 2.24) is 24.5 Å². The highest BCUT2D eigenvalue weighted by molar-refractivity contribution is 6.24. The Bertz CT molecular complexity index is 2600. The van der Waals surface area contributed by atoms with E-state index in [1.54, 1.807) is 0 Å². The van der Waals surface area contributed by atoms with Gasteiger partial charge in [-0.1, -0.05) is 66.7 Å². The molecule has 9 aromatic rings. The van der Waals surface area contributed by atoms with Gasteiger partial charge in [-0.05, 0) is 77.7 Å². The topological polar surface area (TPSA) is 59.7 Å². The zero-order chi connectivity index (χ0) is 31.6. The molecule has 0 spiro atoms. The first-order valence-electron chi connectivity index (χ1n) is 16.0. The Kier molecular flexibility index (Phi) is 5.77. The summed E-state index contributed by atoms with van der Waals surface area (Å²) in [5.74, 6) is 0.802. The van der Waals surface area contributed by atoms with Crippen LogP contribution in [0.5, 0.6) is 0 Å². The number of para-hydroxylation sites is 1. The lowest BCUT2D eigenvalue weighted by Gasteiger charge is -2.34. The maximum atomic E-state index is 5.28. The van der Waals surface area contributed by atoms with Gasteiger partial charge in [-0.25, -0.2) is 4.98 Å². The number of hydrogen-bond acceptors (Lipinski definition) is 5. The molecule has 0 saturated carbocycles. The molecule has 48 heavy (non-hydrogen) atoms. The molecule has 6 heterocycles. The maximum Gasteiger partial charge on any atom is 0.139 e. The van der Waals surface area contributed by atoms with Gasteiger partial charge in [0, 0.05) is 45.9 Å². The van der Waals surface area contributed by atoms with Crippen LogP contribution in [-0.4, -0.2) is 24.5 Å². The molecular formula is C42H26N6. The number of benzene rings is 4. The highest BCUT2D eigenvalue weighted by atomic mass is 15.2. The van der Waals surface area contributed by atoms with Crippen molar-refractivity contribution >= 4 is 49.6 Å². The molecule has 0 atom stereocenters. The number of pyridine rings is 4. The third-order valence-corrected chi connectivity index (χ3v) is 9.28. The van der Waals surface area contributed by atoms with Crippen LogP contribution in [0.1, 0.15) is 0 Å². The molecule has 1 aliphatic rings. The molecule has 4 aromatic carbocycles. The lowest BCUT2D eigenvalue weighted by atomic mass is 9.89. The summed E-state index contributed by atoms with van der Waals surface area (Å²) in [6.07, 6.45) is 7.41. The summed E-state index contributed by atoms with van der Waals surface area (Å²) in [7, 11) is 0. The first kappa shape index (κ1) is 26.5. The van der Waals surface area contributed by atoms with E-state index in [0.29, 0.717) is 0 Å². The second-order valence-electron chi connectivity index (χ2n) is 12.0. The van der Waals surface area contributed by atoms with Gasteiger partial charge in [0.15, 0.2) is 0 Å². The largest absolute Gasteiger partial charge is 0.307 e. The Balaban J connectivity index is 1.33. The molecule has 10 rings (SSSR count). The molecule has 0 fully saturated rings. The molecule has 0 aliphatic carbocycles. The maximum absolute atomic E-state index is 5.28. The van der Waals surface area contributed by atoms with Crippen molar-refractivity contribution in [3.63, 3.8) is 0 Å². The van der Waals surface area contributed by atoms with E-state index in [0.717, 1.165) is 67.3 Å². The van der Waals surface area contributed by atoms with Gasteiger partial charge in [0.1, 0.15) is 5.82 Å². The zero-order valence-electron chi connectivity index (χ0n) is 25.7. The Labute approximate surface area is 276 Å². The number of nitrogens with zero attached hydrogens (tertiary/aromatic N) is 6. The van der Waals surface area contributed by atoms with Gasteiger partial charge in [0.2, 0.25) is 0 Å². The second-order valence-corrected chi connectivity index (χ2v) is 12.0. The summed E-state index contributed by atoms with van der Waals surface area (Å²) < 4.78 is 2.28. The normalized spacial score (nSPS) is 12.1. The Morgan fingerprint density at radius 2 is 1.33 bits per heavy atom. The molecular weight excluding hydrogens is 589 g/mol. The van der Waals surface area contributed by atoms with E-state index in [9.17, 15) is 0 Å². The van der Waals surface area contributed by atoms with Crippen LogP contribution in [0.4, 0.5) is 17.1 Å². The minimum atomic E-state index is 0.787. The Morgan fingerprint density at radius 1 is 0.521 bits per heavy atom. The van der Waals surface area contributed by atoms with Crippen LogP contribution in [-0.2, 0) is 0 Å². The molecule has 224 valence electrons. The quantitative estimate of drug-likeness (QED) is 0.197. The number of anilines is 3. The van der Waals surface area contributed by atoms with Gasteiger partial charge in [-0.2, -0.15) is 0 Å². The van der Waals surface area contributed by atoms with Crippen LogP contribution in [0, 0.1) is 0 Å². The first-order chi connectivity index (χ1) is 23.8. The predicted molar refractivity (Wildman–Crippen MR) is 194 cm³/mol. The smallest absolute Gasteiger partial charge is 0.139 e. The summed E-state index contributed by atoms with van der Waals surface area (Å²) >= 11 is 0. The average Bonchev–Trinajstić information content (AvgIpc) is 3.51. The lowest BCUT2D eigenvalue weighted by molar-refractivity contribution is 1.08. The van der Waals surface area contributed by atoms with Gasteiger partial charge >= 0.3 is 0 Å². The van der Waals surface area contributed by atoms with Crippen LogP contribution in [0.15, 0.2) is 158 Å². The minimum absolute atomic E-state index is 0.787. The number of aromatic nitrogens is 5. The minimum Gasteiger partial charge on any atom is -0.307 e. The van der Waals surface area contributed by atoms with Crippen molar-refractivity contribution in [2.24, 2.45) is 0 Å². The summed E-state index contributed by atoms with van der Waals surface area (Å²) in [4.78, 5) is 21.6. The summed E-state index contributed by atoms with van der Waals surface area (Å²) in [5, 5.41) is 4.76. The number of rotatable bonds is 4. The Hall–Kier alpha value is -6.66.